The van der Waals surface area contributed by atoms with Gasteiger partial charge in [0.2, 0.25) is 5.91 Å². The third-order valence-electron chi connectivity index (χ3n) is 3.17. The highest BCUT2D eigenvalue weighted by molar-refractivity contribution is 5.92. The first-order chi connectivity index (χ1) is 11.1. The van der Waals surface area contributed by atoms with E-state index in [0.29, 0.717) is 5.69 Å². The molecule has 0 saturated heterocycles. The van der Waals surface area contributed by atoms with Crippen molar-refractivity contribution < 1.29 is 13.6 Å². The number of halogens is 2. The van der Waals surface area contributed by atoms with Gasteiger partial charge in [-0.3, -0.25) is 4.79 Å². The van der Waals surface area contributed by atoms with Crippen LogP contribution in [-0.2, 0) is 11.2 Å². The molecule has 0 saturated carbocycles. The van der Waals surface area contributed by atoms with Crippen molar-refractivity contribution in [1.82, 2.24) is 15.0 Å². The average Bonchev–Trinajstić information content (AvgIpc) is 3.00. The second kappa shape index (κ2) is 6.35. The van der Waals surface area contributed by atoms with Gasteiger partial charge in [-0.1, -0.05) is 23.4 Å². The standard InChI is InChI=1S/C16H12F2N4O/c17-14-7-6-11(8-15(14)18)20-16(23)9-13-10-19-21-22(13)12-4-2-1-3-5-12/h1-8,10H,9H2,(H,20,23). The van der Waals surface area contributed by atoms with Crippen LogP contribution in [-0.4, -0.2) is 20.9 Å². The maximum atomic E-state index is 13.1. The maximum absolute atomic E-state index is 13.1. The van der Waals surface area contributed by atoms with Gasteiger partial charge in [-0.2, -0.15) is 0 Å². The lowest BCUT2D eigenvalue weighted by Gasteiger charge is -2.07. The van der Waals surface area contributed by atoms with Crippen molar-refractivity contribution in [2.24, 2.45) is 0 Å². The molecule has 0 aliphatic carbocycles. The highest BCUT2D eigenvalue weighted by Crippen LogP contribution is 2.14. The van der Waals surface area contributed by atoms with E-state index in [9.17, 15) is 13.6 Å². The van der Waals surface area contributed by atoms with E-state index in [1.165, 1.54) is 12.3 Å². The molecule has 0 spiro atoms. The highest BCUT2D eigenvalue weighted by atomic mass is 19.2. The van der Waals surface area contributed by atoms with Gasteiger partial charge < -0.3 is 5.32 Å². The quantitative estimate of drug-likeness (QED) is 0.805. The Morgan fingerprint density at radius 3 is 2.61 bits per heavy atom. The van der Waals surface area contributed by atoms with Crippen LogP contribution >= 0.6 is 0 Å². The molecule has 1 heterocycles. The second-order valence-electron chi connectivity index (χ2n) is 4.83. The zero-order valence-corrected chi connectivity index (χ0v) is 11.9. The van der Waals surface area contributed by atoms with Gasteiger partial charge in [0.05, 0.1) is 24.0 Å². The van der Waals surface area contributed by atoms with Crippen molar-refractivity contribution in [1.29, 1.82) is 0 Å². The summed E-state index contributed by atoms with van der Waals surface area (Å²) in [4.78, 5) is 12.1. The second-order valence-corrected chi connectivity index (χ2v) is 4.83. The molecule has 7 heteroatoms. The molecule has 1 amide bonds. The summed E-state index contributed by atoms with van der Waals surface area (Å²) in [7, 11) is 0. The number of para-hydroxylation sites is 1. The monoisotopic (exact) mass is 314 g/mol. The first-order valence-corrected chi connectivity index (χ1v) is 6.83. The van der Waals surface area contributed by atoms with Gasteiger partial charge in [0.15, 0.2) is 11.6 Å². The lowest BCUT2D eigenvalue weighted by molar-refractivity contribution is -0.115. The van der Waals surface area contributed by atoms with E-state index >= 15 is 0 Å². The van der Waals surface area contributed by atoms with Crippen LogP contribution in [0.3, 0.4) is 0 Å². The summed E-state index contributed by atoms with van der Waals surface area (Å²) in [5.41, 5.74) is 1.55. The topological polar surface area (TPSA) is 59.8 Å². The van der Waals surface area contributed by atoms with Crippen LogP contribution in [0.1, 0.15) is 5.69 Å². The fraction of sp³-hybridized carbons (Fsp3) is 0.0625. The molecule has 0 atom stereocenters. The number of carbonyl (C=O) groups is 1. The molecule has 0 aliphatic rings. The Morgan fingerprint density at radius 1 is 1.09 bits per heavy atom. The molecule has 2 aromatic carbocycles. The molecule has 0 fully saturated rings. The molecule has 0 radical (unpaired) electrons. The Balaban J connectivity index is 1.74. The molecule has 3 aromatic rings. The van der Waals surface area contributed by atoms with Crippen LogP contribution in [0.4, 0.5) is 14.5 Å². The lowest BCUT2D eigenvalue weighted by atomic mass is 10.2. The van der Waals surface area contributed by atoms with Gasteiger partial charge in [0, 0.05) is 11.8 Å². The molecule has 0 unspecified atom stereocenters. The van der Waals surface area contributed by atoms with Crippen LogP contribution in [0, 0.1) is 11.6 Å². The van der Waals surface area contributed by atoms with Crippen molar-refractivity contribution in [2.75, 3.05) is 5.32 Å². The van der Waals surface area contributed by atoms with Gasteiger partial charge >= 0.3 is 0 Å². The lowest BCUT2D eigenvalue weighted by Crippen LogP contribution is -2.17. The number of rotatable bonds is 4. The largest absolute Gasteiger partial charge is 0.326 e. The smallest absolute Gasteiger partial charge is 0.230 e. The third-order valence-corrected chi connectivity index (χ3v) is 3.17. The number of nitrogens with zero attached hydrogens (tertiary/aromatic N) is 3. The molecular weight excluding hydrogens is 302 g/mol. The van der Waals surface area contributed by atoms with Crippen LogP contribution in [0.2, 0.25) is 0 Å². The zero-order valence-electron chi connectivity index (χ0n) is 11.9. The number of nitrogens with one attached hydrogen (secondary N) is 1. The van der Waals surface area contributed by atoms with Crippen molar-refractivity contribution in [3.05, 3.63) is 72.1 Å². The molecule has 1 aromatic heterocycles. The average molecular weight is 314 g/mol. The highest BCUT2D eigenvalue weighted by Gasteiger charge is 2.12. The van der Waals surface area contributed by atoms with Crippen molar-refractivity contribution in [2.45, 2.75) is 6.42 Å². The maximum Gasteiger partial charge on any atom is 0.230 e. The Bertz CT molecular complexity index is 833. The number of anilines is 1. The van der Waals surface area contributed by atoms with E-state index in [4.69, 9.17) is 0 Å². The molecule has 116 valence electrons. The Hall–Kier alpha value is -3.09. The van der Waals surface area contributed by atoms with E-state index < -0.39 is 11.6 Å². The summed E-state index contributed by atoms with van der Waals surface area (Å²) >= 11 is 0. The van der Waals surface area contributed by atoms with E-state index in [1.807, 2.05) is 30.3 Å². The predicted molar refractivity (Wildman–Crippen MR) is 80.1 cm³/mol. The molecule has 0 aliphatic heterocycles. The van der Waals surface area contributed by atoms with Gasteiger partial charge in [-0.15, -0.1) is 5.10 Å². The molecule has 1 N–H and O–H groups in total. The molecule has 23 heavy (non-hydrogen) atoms. The Morgan fingerprint density at radius 2 is 1.87 bits per heavy atom. The summed E-state index contributed by atoms with van der Waals surface area (Å²) in [6.07, 6.45) is 1.48. The first-order valence-electron chi connectivity index (χ1n) is 6.83. The fourth-order valence-corrected chi connectivity index (χ4v) is 2.11. The van der Waals surface area contributed by atoms with E-state index in [-0.39, 0.29) is 18.0 Å². The number of benzene rings is 2. The minimum absolute atomic E-state index is 0.000883. The van der Waals surface area contributed by atoms with E-state index in [1.54, 1.807) is 4.68 Å². The third kappa shape index (κ3) is 3.39. The van der Waals surface area contributed by atoms with Crippen LogP contribution in [0.5, 0.6) is 0 Å². The molecule has 5 nitrogen and oxygen atoms in total. The number of hydrogen-bond donors (Lipinski definition) is 1. The first kappa shape index (κ1) is 14.8. The van der Waals surface area contributed by atoms with E-state index in [2.05, 4.69) is 15.6 Å². The van der Waals surface area contributed by atoms with Crippen molar-refractivity contribution in [3.63, 3.8) is 0 Å². The zero-order chi connectivity index (χ0) is 16.2. The number of amides is 1. The van der Waals surface area contributed by atoms with Gasteiger partial charge in [0.25, 0.3) is 0 Å². The molecule has 0 bridgehead atoms. The summed E-state index contributed by atoms with van der Waals surface area (Å²) in [6, 6.07) is 12.4. The number of aromatic nitrogens is 3. The van der Waals surface area contributed by atoms with Crippen molar-refractivity contribution >= 4 is 11.6 Å². The van der Waals surface area contributed by atoms with Crippen LogP contribution < -0.4 is 5.32 Å². The van der Waals surface area contributed by atoms with Gasteiger partial charge in [0.1, 0.15) is 0 Å². The van der Waals surface area contributed by atoms with Crippen LogP contribution in [0.25, 0.3) is 5.69 Å². The number of hydrogen-bond acceptors (Lipinski definition) is 3. The summed E-state index contributed by atoms with van der Waals surface area (Å²) < 4.78 is 27.6. The molecule has 3 rings (SSSR count). The normalized spacial score (nSPS) is 10.5. The van der Waals surface area contributed by atoms with Crippen molar-refractivity contribution in [3.8, 4) is 5.69 Å². The number of carbonyl (C=O) groups excluding carboxylic acids is 1. The van der Waals surface area contributed by atoms with Gasteiger partial charge in [-0.25, -0.2) is 13.5 Å². The SMILES string of the molecule is O=C(Cc1cnnn1-c1ccccc1)Nc1ccc(F)c(F)c1. The molecular formula is C16H12F2N4O. The van der Waals surface area contributed by atoms with Crippen LogP contribution in [0.15, 0.2) is 54.7 Å². The summed E-state index contributed by atoms with van der Waals surface area (Å²) in [5.74, 6) is -2.36. The summed E-state index contributed by atoms with van der Waals surface area (Å²) in [5, 5.41) is 10.3. The Labute approximate surface area is 130 Å². The van der Waals surface area contributed by atoms with Gasteiger partial charge in [-0.05, 0) is 24.3 Å². The summed E-state index contributed by atoms with van der Waals surface area (Å²) in [6.45, 7) is 0. The fourth-order valence-electron chi connectivity index (χ4n) is 2.11. The Kier molecular flexibility index (Phi) is 4.09. The minimum atomic E-state index is -1.02. The minimum Gasteiger partial charge on any atom is -0.326 e. The predicted octanol–water partition coefficient (Wildman–Crippen LogP) is 2.73. The van der Waals surface area contributed by atoms with E-state index in [0.717, 1.165) is 17.8 Å².